The van der Waals surface area contributed by atoms with Gasteiger partial charge in [-0.3, -0.25) is 0 Å². The van der Waals surface area contributed by atoms with E-state index < -0.39 is 0 Å². The molecule has 632 valence electrons. The van der Waals surface area contributed by atoms with Crippen LogP contribution >= 0.6 is 0 Å². The van der Waals surface area contributed by atoms with Crippen LogP contribution in [0.3, 0.4) is 0 Å². The van der Waals surface area contributed by atoms with E-state index in [0.29, 0.717) is 52.4 Å². The van der Waals surface area contributed by atoms with Gasteiger partial charge in [0, 0.05) is 0 Å². The molecule has 6 aromatic heterocycles. The van der Waals surface area contributed by atoms with Gasteiger partial charge in [-0.15, -0.1) is 0 Å². The van der Waals surface area contributed by atoms with Crippen LogP contribution in [0, 0.1) is 0 Å². The van der Waals surface area contributed by atoms with Gasteiger partial charge in [0.1, 0.15) is 0 Å². The number of rotatable bonds is 14. The summed E-state index contributed by atoms with van der Waals surface area (Å²) in [5.41, 5.74) is 21.2. The van der Waals surface area contributed by atoms with Gasteiger partial charge in [-0.25, -0.2) is 0 Å². The molecule has 0 spiro atoms. The van der Waals surface area contributed by atoms with Gasteiger partial charge >= 0.3 is 767 Å². The molecule has 0 saturated carbocycles. The van der Waals surface area contributed by atoms with E-state index in [2.05, 4.69) is 400 Å². The van der Waals surface area contributed by atoms with Crippen LogP contribution in [0.4, 0.5) is 0 Å². The predicted octanol–water partition coefficient (Wildman–Crippen LogP) is 30.5. The first kappa shape index (κ1) is 82.0. The summed E-state index contributed by atoms with van der Waals surface area (Å²) in [6.07, 6.45) is 0. The summed E-state index contributed by atoms with van der Waals surface area (Å²) in [7, 11) is 0. The van der Waals surface area contributed by atoms with Crippen molar-refractivity contribution in [3.05, 3.63) is 467 Å². The molecule has 9 nitrogen and oxygen atoms in total. The maximum atomic E-state index is 5.16. The molecule has 0 atom stereocenters. The SMILES string of the molecule is c1ccc(-c2ccc(-c3nc(-c4ccccc4)nc(-c4cccc5c4[se]c4c(-c6ccc7ccccc7c6)cccc45)n3)cc2)cc1.c1ccc(-c2cccc(-c3cccc(-c4nc(-c5ccccc5)nc(-c5cccc6c5[se]c5ccccc56)n4)c3)c2)cc1.c1ccc(-c2nc(-c3ccc4ccccc4c3)nc(-c3cccc4[se]c5c(-c6ccc7ccccc7c6)cccc5c34)n2)cc1. The average molecular weight is 1920 g/mol. The molecule has 0 fully saturated rings. The molecule has 0 saturated heterocycles. The van der Waals surface area contributed by atoms with Crippen molar-refractivity contribution < 1.29 is 0 Å². The predicted molar refractivity (Wildman–Crippen MR) is 564 cm³/mol. The van der Waals surface area contributed by atoms with Crippen molar-refractivity contribution in [2.24, 2.45) is 0 Å². The Kier molecular flexibility index (Phi) is 21.9. The molecule has 0 amide bonds. The van der Waals surface area contributed by atoms with Crippen molar-refractivity contribution in [1.29, 1.82) is 0 Å². The third-order valence-corrected chi connectivity index (χ3v) is 32.8. The molecule has 0 N–H and O–H groups in total. The third-order valence-electron chi connectivity index (χ3n) is 25.0. The summed E-state index contributed by atoms with van der Waals surface area (Å²) >= 11 is 0.409. The van der Waals surface area contributed by atoms with E-state index >= 15 is 0 Å². The van der Waals surface area contributed by atoms with Crippen LogP contribution < -0.4 is 0 Å². The van der Waals surface area contributed by atoms with Crippen LogP contribution in [-0.2, 0) is 0 Å². The van der Waals surface area contributed by atoms with E-state index in [1.165, 1.54) is 124 Å². The molecule has 0 aliphatic carbocycles. The van der Waals surface area contributed by atoms with Gasteiger partial charge < -0.3 is 0 Å². The summed E-state index contributed by atoms with van der Waals surface area (Å²) in [5, 5.41) is 15.1. The standard InChI is InChI=1S/C43H27N3Se.C41H25N3Se.C39H25N3Se/c1-3-11-28(12-4-1)30-21-24-32(25-22-30)42-44-41(31-14-5-2-6-15-31)45-43(46-42)38-20-10-19-37-36-18-9-17-35(39(36)47-40(37)38)34-26-23-29-13-7-8-16-33(29)27-34;1-2-12-28(13-3-1)39-42-40(32-23-21-27-11-5-7-15-30(27)25-32)44-41(43-39)35-18-9-19-36-37(35)34-17-8-16-33(38(34)45-36)31-22-20-26-10-4-6-14-29(26)24-31;1-3-12-26(13-4-1)28-16-9-17-29(24-28)30-18-10-19-31(25-30)38-40-37(27-14-5-2-6-15-27)41-39(42-38)34-22-11-21-33-32-20-7-8-23-35(32)43-36(33)34/h1-27H;1-25H;1-25H. The van der Waals surface area contributed by atoms with Gasteiger partial charge in [-0.05, 0) is 0 Å². The normalized spacial score (nSPS) is 11.4. The van der Waals surface area contributed by atoms with Crippen molar-refractivity contribution >= 4 is 134 Å². The zero-order valence-electron chi connectivity index (χ0n) is 72.7. The number of fused-ring (bicyclic) bond motifs is 12. The number of hydrogen-bond acceptors (Lipinski definition) is 9. The van der Waals surface area contributed by atoms with E-state index in [-0.39, 0.29) is 43.5 Å². The van der Waals surface area contributed by atoms with Crippen LogP contribution in [0.5, 0.6) is 0 Å². The van der Waals surface area contributed by atoms with E-state index in [1.54, 1.807) is 0 Å². The van der Waals surface area contributed by atoms with Crippen LogP contribution in [0.15, 0.2) is 467 Å². The van der Waals surface area contributed by atoms with Gasteiger partial charge in [0.2, 0.25) is 0 Å². The fourth-order valence-electron chi connectivity index (χ4n) is 18.3. The molecule has 12 heteroatoms. The minimum absolute atomic E-state index is 0.0700. The molecule has 0 aliphatic rings. The van der Waals surface area contributed by atoms with Crippen molar-refractivity contribution in [3.63, 3.8) is 0 Å². The molecular formula is C123H77N9Se3. The fraction of sp³-hybridized carbons (Fsp3) is 0. The van der Waals surface area contributed by atoms with E-state index in [1.807, 2.05) is 66.7 Å². The Balaban J connectivity index is 0.000000111. The second-order valence-corrected chi connectivity index (χ2v) is 39.9. The molecular weight excluding hydrogens is 1840 g/mol. The maximum absolute atomic E-state index is 5.16. The third kappa shape index (κ3) is 16.3. The van der Waals surface area contributed by atoms with Crippen molar-refractivity contribution in [2.45, 2.75) is 0 Å². The van der Waals surface area contributed by atoms with Crippen molar-refractivity contribution in [3.8, 4) is 158 Å². The number of hydrogen-bond donors (Lipinski definition) is 0. The summed E-state index contributed by atoms with van der Waals surface area (Å²) < 4.78 is 8.23. The summed E-state index contributed by atoms with van der Waals surface area (Å²) in [5.74, 6) is 6.17. The Morgan fingerprint density at radius 1 is 0.126 bits per heavy atom. The summed E-state index contributed by atoms with van der Waals surface area (Å²) in [6, 6.07) is 165. The molecule has 0 bridgehead atoms. The molecule has 26 aromatic rings. The van der Waals surface area contributed by atoms with E-state index in [4.69, 9.17) is 44.9 Å². The Morgan fingerprint density at radius 2 is 0.378 bits per heavy atom. The van der Waals surface area contributed by atoms with Crippen molar-refractivity contribution in [1.82, 2.24) is 44.9 Å². The zero-order chi connectivity index (χ0) is 89.5. The average Bonchev–Trinajstić information content (AvgIpc) is 1.61. The fourth-order valence-corrected chi connectivity index (χ4v) is 26.3. The second-order valence-electron chi connectivity index (χ2n) is 33.4. The first-order valence-electron chi connectivity index (χ1n) is 45.0. The van der Waals surface area contributed by atoms with Crippen LogP contribution in [0.1, 0.15) is 0 Å². The van der Waals surface area contributed by atoms with Gasteiger partial charge in [0.05, 0.1) is 0 Å². The monoisotopic (exact) mass is 1920 g/mol. The van der Waals surface area contributed by atoms with Crippen molar-refractivity contribution in [2.75, 3.05) is 0 Å². The topological polar surface area (TPSA) is 116 Å². The molecule has 0 aliphatic heterocycles. The Bertz CT molecular complexity index is 9000. The second kappa shape index (κ2) is 36.1. The quantitative estimate of drug-likeness (QED) is 0.0981. The number of aromatic nitrogens is 9. The molecule has 20 aromatic carbocycles. The van der Waals surface area contributed by atoms with Crippen LogP contribution in [-0.4, -0.2) is 88.4 Å². The minimum atomic E-state index is 0.0700. The first-order valence-corrected chi connectivity index (χ1v) is 50.1. The summed E-state index contributed by atoms with van der Waals surface area (Å²) in [6.45, 7) is 0. The molecule has 26 rings (SSSR count). The van der Waals surface area contributed by atoms with Gasteiger partial charge in [-0.1, -0.05) is 36.4 Å². The van der Waals surface area contributed by atoms with E-state index in [0.717, 1.165) is 72.1 Å². The van der Waals surface area contributed by atoms with Gasteiger partial charge in [0.15, 0.2) is 0 Å². The molecule has 135 heavy (non-hydrogen) atoms. The number of benzene rings is 20. The van der Waals surface area contributed by atoms with Crippen LogP contribution in [0.2, 0.25) is 0 Å². The molecule has 0 radical (unpaired) electrons. The Hall–Kier alpha value is -16.2. The van der Waals surface area contributed by atoms with Gasteiger partial charge in [-0.2, -0.15) is 0 Å². The Labute approximate surface area is 797 Å². The number of nitrogens with zero attached hydrogens (tertiary/aromatic N) is 9. The molecule has 6 heterocycles. The van der Waals surface area contributed by atoms with Crippen LogP contribution in [0.25, 0.3) is 248 Å². The first-order chi connectivity index (χ1) is 66.9. The summed E-state index contributed by atoms with van der Waals surface area (Å²) in [4.78, 5) is 45.7. The molecule has 0 unspecified atom stereocenters. The van der Waals surface area contributed by atoms with Gasteiger partial charge in [0.25, 0.3) is 0 Å². The Morgan fingerprint density at radius 3 is 0.867 bits per heavy atom. The van der Waals surface area contributed by atoms with E-state index in [9.17, 15) is 0 Å². The zero-order valence-corrected chi connectivity index (χ0v) is 77.8.